The van der Waals surface area contributed by atoms with Gasteiger partial charge in [-0.1, -0.05) is 18.9 Å². The normalized spacial score (nSPS) is 15.5. The maximum Gasteiger partial charge on any atom is 0.288 e. The van der Waals surface area contributed by atoms with Crippen LogP contribution in [0, 0.1) is 29.4 Å². The standard InChI is InChI=1S/C22H27N3O5S/c1-15-6-7-18(12-16(15)2)24-21(26)22(10-4-5-11-22)14-23-17-8-9-19(25(27)28)20(13-17)31(3,29)30/h6-9,12-13,23H,4-5,10-11,14H2,1-3H3,(H,24,26). The van der Waals surface area contributed by atoms with Crippen molar-refractivity contribution in [2.75, 3.05) is 23.4 Å². The van der Waals surface area contributed by atoms with Crippen LogP contribution in [0.5, 0.6) is 0 Å². The molecule has 0 aromatic heterocycles. The number of nitrogens with one attached hydrogen (secondary N) is 2. The fraction of sp³-hybridized carbons (Fsp3) is 0.409. The average Bonchev–Trinajstić information content (AvgIpc) is 3.18. The maximum atomic E-state index is 13.2. The quantitative estimate of drug-likeness (QED) is 0.486. The highest BCUT2D eigenvalue weighted by atomic mass is 32.2. The van der Waals surface area contributed by atoms with Gasteiger partial charge in [0.05, 0.1) is 10.3 Å². The van der Waals surface area contributed by atoms with Crippen LogP contribution in [0.4, 0.5) is 17.1 Å². The second kappa shape index (κ2) is 8.66. The first-order valence-electron chi connectivity index (χ1n) is 10.1. The van der Waals surface area contributed by atoms with Gasteiger partial charge in [-0.3, -0.25) is 14.9 Å². The predicted octanol–water partition coefficient (Wildman–Crippen LogP) is 4.23. The van der Waals surface area contributed by atoms with Gasteiger partial charge < -0.3 is 10.6 Å². The zero-order valence-corrected chi connectivity index (χ0v) is 18.7. The minimum Gasteiger partial charge on any atom is -0.384 e. The van der Waals surface area contributed by atoms with Gasteiger partial charge in [-0.2, -0.15) is 0 Å². The number of sulfone groups is 1. The number of anilines is 2. The minimum absolute atomic E-state index is 0.0778. The van der Waals surface area contributed by atoms with Crippen LogP contribution in [0.1, 0.15) is 36.8 Å². The monoisotopic (exact) mass is 445 g/mol. The van der Waals surface area contributed by atoms with E-state index < -0.39 is 25.9 Å². The van der Waals surface area contributed by atoms with Gasteiger partial charge in [0, 0.05) is 30.2 Å². The first-order valence-corrected chi connectivity index (χ1v) is 12.0. The van der Waals surface area contributed by atoms with Crippen LogP contribution in [0.2, 0.25) is 0 Å². The smallest absolute Gasteiger partial charge is 0.288 e. The average molecular weight is 446 g/mol. The molecule has 0 spiro atoms. The second-order valence-electron chi connectivity index (χ2n) is 8.31. The number of benzene rings is 2. The largest absolute Gasteiger partial charge is 0.384 e. The summed E-state index contributed by atoms with van der Waals surface area (Å²) in [6, 6.07) is 9.69. The Morgan fingerprint density at radius 2 is 1.71 bits per heavy atom. The number of carbonyl (C=O) groups excluding carboxylic acids is 1. The van der Waals surface area contributed by atoms with Gasteiger partial charge in [0.1, 0.15) is 4.90 Å². The number of hydrogen-bond acceptors (Lipinski definition) is 6. The summed E-state index contributed by atoms with van der Waals surface area (Å²) in [5, 5.41) is 17.3. The van der Waals surface area contributed by atoms with E-state index in [1.54, 1.807) is 0 Å². The second-order valence-corrected chi connectivity index (χ2v) is 10.3. The molecule has 3 rings (SSSR count). The molecule has 2 aromatic rings. The van der Waals surface area contributed by atoms with Gasteiger partial charge in [-0.05, 0) is 62.1 Å². The van der Waals surface area contributed by atoms with Crippen LogP contribution < -0.4 is 10.6 Å². The van der Waals surface area contributed by atoms with Gasteiger partial charge in [0.15, 0.2) is 9.84 Å². The molecule has 1 fully saturated rings. The van der Waals surface area contributed by atoms with E-state index >= 15 is 0 Å². The number of carbonyl (C=O) groups is 1. The Hall–Kier alpha value is -2.94. The molecule has 8 nitrogen and oxygen atoms in total. The molecule has 0 radical (unpaired) electrons. The summed E-state index contributed by atoms with van der Waals surface area (Å²) in [6.45, 7) is 4.31. The van der Waals surface area contributed by atoms with Gasteiger partial charge >= 0.3 is 0 Å². The number of nitro benzene ring substituents is 1. The third kappa shape index (κ3) is 5.04. The van der Waals surface area contributed by atoms with E-state index in [2.05, 4.69) is 10.6 Å². The molecule has 1 aliphatic rings. The summed E-state index contributed by atoms with van der Waals surface area (Å²) in [6.07, 6.45) is 4.22. The molecule has 2 N–H and O–H groups in total. The van der Waals surface area contributed by atoms with E-state index in [1.165, 1.54) is 18.2 Å². The molecule has 0 aliphatic heterocycles. The molecule has 1 aliphatic carbocycles. The van der Waals surface area contributed by atoms with Crippen molar-refractivity contribution in [1.29, 1.82) is 0 Å². The molecule has 0 heterocycles. The minimum atomic E-state index is -3.78. The van der Waals surface area contributed by atoms with Crippen LogP contribution in [0.25, 0.3) is 0 Å². The maximum absolute atomic E-state index is 13.2. The van der Waals surface area contributed by atoms with Crippen LogP contribution >= 0.6 is 0 Å². The summed E-state index contributed by atoms with van der Waals surface area (Å²) in [5.41, 5.74) is 2.32. The zero-order chi connectivity index (χ0) is 22.8. The van der Waals surface area contributed by atoms with Crippen molar-refractivity contribution in [2.45, 2.75) is 44.4 Å². The van der Waals surface area contributed by atoms with E-state index in [0.717, 1.165) is 35.9 Å². The zero-order valence-electron chi connectivity index (χ0n) is 17.9. The number of nitro groups is 1. The van der Waals surface area contributed by atoms with Gasteiger partial charge in [0.2, 0.25) is 5.91 Å². The molecule has 1 saturated carbocycles. The Labute approximate surface area is 182 Å². The molecular formula is C22H27N3O5S. The lowest BCUT2D eigenvalue weighted by Gasteiger charge is -2.28. The van der Waals surface area contributed by atoms with E-state index in [4.69, 9.17) is 0 Å². The molecule has 0 saturated heterocycles. The summed E-state index contributed by atoms with van der Waals surface area (Å²) in [4.78, 5) is 23.3. The molecule has 9 heteroatoms. The third-order valence-corrected chi connectivity index (χ3v) is 7.12. The summed E-state index contributed by atoms with van der Waals surface area (Å²) >= 11 is 0. The summed E-state index contributed by atoms with van der Waals surface area (Å²) in [5.74, 6) is -0.0778. The Kier molecular flexibility index (Phi) is 6.35. The topological polar surface area (TPSA) is 118 Å². The first kappa shape index (κ1) is 22.7. The van der Waals surface area contributed by atoms with Gasteiger partial charge in [-0.25, -0.2) is 8.42 Å². The van der Waals surface area contributed by atoms with Crippen LogP contribution in [0.15, 0.2) is 41.3 Å². The highest BCUT2D eigenvalue weighted by Crippen LogP contribution is 2.40. The van der Waals surface area contributed by atoms with Crippen LogP contribution in [0.3, 0.4) is 0 Å². The number of nitrogens with zero attached hydrogens (tertiary/aromatic N) is 1. The molecule has 0 unspecified atom stereocenters. The molecule has 0 bridgehead atoms. The SMILES string of the molecule is Cc1ccc(NC(=O)C2(CNc3ccc([N+](=O)[O-])c(S(C)(=O)=O)c3)CCCC2)cc1C. The molecule has 31 heavy (non-hydrogen) atoms. The fourth-order valence-corrected chi connectivity index (χ4v) is 4.83. The van der Waals surface area contributed by atoms with Crippen molar-refractivity contribution in [2.24, 2.45) is 5.41 Å². The number of hydrogen-bond donors (Lipinski definition) is 2. The number of aryl methyl sites for hydroxylation is 2. The predicted molar refractivity (Wildman–Crippen MR) is 120 cm³/mol. The van der Waals surface area contributed by atoms with E-state index in [0.29, 0.717) is 25.1 Å². The number of amides is 1. The third-order valence-electron chi connectivity index (χ3n) is 5.99. The Morgan fingerprint density at radius 1 is 1.06 bits per heavy atom. The van der Waals surface area contributed by atoms with E-state index in [9.17, 15) is 23.3 Å². The van der Waals surface area contributed by atoms with Crippen molar-refractivity contribution in [3.63, 3.8) is 0 Å². The van der Waals surface area contributed by atoms with Crippen molar-refractivity contribution in [1.82, 2.24) is 0 Å². The molecule has 2 aromatic carbocycles. The first-order chi connectivity index (χ1) is 14.5. The summed E-state index contributed by atoms with van der Waals surface area (Å²) < 4.78 is 24.0. The van der Waals surface area contributed by atoms with Crippen molar-refractivity contribution >= 4 is 32.8 Å². The molecule has 1 amide bonds. The Balaban J connectivity index is 1.81. The molecule has 166 valence electrons. The van der Waals surface area contributed by atoms with Gasteiger partial charge in [-0.15, -0.1) is 0 Å². The lowest BCUT2D eigenvalue weighted by molar-refractivity contribution is -0.387. The lowest BCUT2D eigenvalue weighted by Crippen LogP contribution is -2.39. The van der Waals surface area contributed by atoms with Crippen LogP contribution in [-0.4, -0.2) is 32.0 Å². The van der Waals surface area contributed by atoms with Crippen molar-refractivity contribution in [3.05, 3.63) is 57.6 Å². The van der Waals surface area contributed by atoms with Crippen molar-refractivity contribution in [3.8, 4) is 0 Å². The van der Waals surface area contributed by atoms with E-state index in [-0.39, 0.29) is 10.8 Å². The van der Waals surface area contributed by atoms with Crippen molar-refractivity contribution < 1.29 is 18.1 Å². The molecule has 0 atom stereocenters. The molecular weight excluding hydrogens is 418 g/mol. The lowest BCUT2D eigenvalue weighted by atomic mass is 9.84. The fourth-order valence-electron chi connectivity index (χ4n) is 3.96. The van der Waals surface area contributed by atoms with E-state index in [1.807, 2.05) is 32.0 Å². The summed E-state index contributed by atoms with van der Waals surface area (Å²) in [7, 11) is -3.78. The highest BCUT2D eigenvalue weighted by molar-refractivity contribution is 7.90. The van der Waals surface area contributed by atoms with Gasteiger partial charge in [0.25, 0.3) is 5.69 Å². The Morgan fingerprint density at radius 3 is 2.29 bits per heavy atom. The highest BCUT2D eigenvalue weighted by Gasteiger charge is 2.41. The Bertz CT molecular complexity index is 1120. The number of rotatable bonds is 7. The van der Waals surface area contributed by atoms with Crippen LogP contribution in [-0.2, 0) is 14.6 Å².